The van der Waals surface area contributed by atoms with Crippen LogP contribution in [0.2, 0.25) is 0 Å². The average molecular weight is 400 g/mol. The summed E-state index contributed by atoms with van der Waals surface area (Å²) in [6, 6.07) is 16.1. The molecule has 0 unspecified atom stereocenters. The normalized spacial score (nSPS) is 20.4. The van der Waals surface area contributed by atoms with Gasteiger partial charge in [0.05, 0.1) is 7.11 Å². The molecule has 0 bridgehead atoms. The lowest BCUT2D eigenvalue weighted by molar-refractivity contribution is -0.116. The number of fused-ring (bicyclic) bond motifs is 1. The van der Waals surface area contributed by atoms with Gasteiger partial charge in [0.25, 0.3) is 0 Å². The van der Waals surface area contributed by atoms with Gasteiger partial charge in [-0.25, -0.2) is 4.68 Å². The predicted molar refractivity (Wildman–Crippen MR) is 115 cm³/mol. The van der Waals surface area contributed by atoms with Crippen molar-refractivity contribution in [2.24, 2.45) is 0 Å². The lowest BCUT2D eigenvalue weighted by Crippen LogP contribution is -2.33. The molecule has 0 spiro atoms. The second kappa shape index (κ2) is 7.13. The van der Waals surface area contributed by atoms with Gasteiger partial charge < -0.3 is 10.1 Å². The molecular formula is C24H24N4O2. The van der Waals surface area contributed by atoms with Crippen molar-refractivity contribution in [1.82, 2.24) is 14.8 Å². The van der Waals surface area contributed by atoms with Crippen LogP contribution in [0.5, 0.6) is 5.75 Å². The molecule has 2 aliphatic rings. The predicted octanol–water partition coefficient (Wildman–Crippen LogP) is 4.32. The first-order chi connectivity index (χ1) is 14.5. The summed E-state index contributed by atoms with van der Waals surface area (Å²) in [4.78, 5) is 18.0. The Labute approximate surface area is 175 Å². The van der Waals surface area contributed by atoms with Gasteiger partial charge in [0, 0.05) is 17.7 Å². The van der Waals surface area contributed by atoms with E-state index in [-0.39, 0.29) is 17.7 Å². The van der Waals surface area contributed by atoms with Gasteiger partial charge in [-0.1, -0.05) is 42.0 Å². The number of ether oxygens (including phenoxy) is 1. The van der Waals surface area contributed by atoms with E-state index in [1.807, 2.05) is 23.7 Å². The lowest BCUT2D eigenvalue weighted by atomic mass is 9.78. The SMILES string of the molecule is COc1ccc([C@H]2CC(=O)C3=C(C2)Nc2nc(C)nn2[C@@H]3c2ccc(C)cc2)cc1. The van der Waals surface area contributed by atoms with Crippen molar-refractivity contribution in [1.29, 1.82) is 0 Å². The Hall–Kier alpha value is -3.41. The third-order valence-electron chi connectivity index (χ3n) is 6.01. The lowest BCUT2D eigenvalue weighted by Gasteiger charge is -2.35. The highest BCUT2D eigenvalue weighted by Crippen LogP contribution is 2.44. The Balaban J connectivity index is 1.57. The third-order valence-corrected chi connectivity index (χ3v) is 6.01. The third kappa shape index (κ3) is 3.09. The summed E-state index contributed by atoms with van der Waals surface area (Å²) in [6.07, 6.45) is 1.25. The van der Waals surface area contributed by atoms with E-state index in [4.69, 9.17) is 4.74 Å². The van der Waals surface area contributed by atoms with Crippen LogP contribution >= 0.6 is 0 Å². The number of nitrogens with zero attached hydrogens (tertiary/aromatic N) is 3. The number of hydrogen-bond donors (Lipinski definition) is 1. The van der Waals surface area contributed by atoms with Crippen LogP contribution in [-0.2, 0) is 4.79 Å². The number of carbonyl (C=O) groups excluding carboxylic acids is 1. The topological polar surface area (TPSA) is 69.0 Å². The molecule has 1 aliphatic carbocycles. The molecule has 2 heterocycles. The number of nitrogens with one attached hydrogen (secondary N) is 1. The Morgan fingerprint density at radius 3 is 2.40 bits per heavy atom. The largest absolute Gasteiger partial charge is 0.497 e. The molecule has 0 saturated carbocycles. The zero-order chi connectivity index (χ0) is 20.8. The fourth-order valence-electron chi connectivity index (χ4n) is 4.49. The van der Waals surface area contributed by atoms with Gasteiger partial charge in [-0.2, -0.15) is 10.1 Å². The van der Waals surface area contributed by atoms with Crippen molar-refractivity contribution in [2.45, 2.75) is 38.6 Å². The highest BCUT2D eigenvalue weighted by Gasteiger charge is 2.39. The van der Waals surface area contributed by atoms with E-state index < -0.39 is 0 Å². The van der Waals surface area contributed by atoms with Crippen LogP contribution < -0.4 is 10.1 Å². The van der Waals surface area contributed by atoms with Crippen LogP contribution in [0.25, 0.3) is 0 Å². The van der Waals surface area contributed by atoms with E-state index in [1.165, 1.54) is 5.56 Å². The first-order valence-corrected chi connectivity index (χ1v) is 10.2. The molecule has 6 heteroatoms. The maximum absolute atomic E-state index is 13.4. The highest BCUT2D eigenvalue weighted by atomic mass is 16.5. The van der Waals surface area contributed by atoms with E-state index in [0.717, 1.165) is 34.6 Å². The number of hydrogen-bond acceptors (Lipinski definition) is 5. The van der Waals surface area contributed by atoms with Gasteiger partial charge in [0.2, 0.25) is 5.95 Å². The summed E-state index contributed by atoms with van der Waals surface area (Å²) in [6.45, 7) is 3.94. The van der Waals surface area contributed by atoms with E-state index in [1.54, 1.807) is 7.11 Å². The summed E-state index contributed by atoms with van der Waals surface area (Å²) in [7, 11) is 1.66. The maximum Gasteiger partial charge on any atom is 0.226 e. The molecule has 0 saturated heterocycles. The number of rotatable bonds is 3. The second-order valence-electron chi connectivity index (χ2n) is 8.06. The van der Waals surface area contributed by atoms with Crippen LogP contribution in [0.1, 0.15) is 47.3 Å². The number of carbonyl (C=O) groups is 1. The summed E-state index contributed by atoms with van der Waals surface area (Å²) in [5.74, 6) is 2.49. The van der Waals surface area contributed by atoms with Crippen molar-refractivity contribution in [3.63, 3.8) is 0 Å². The van der Waals surface area contributed by atoms with Crippen LogP contribution in [0.4, 0.5) is 5.95 Å². The van der Waals surface area contributed by atoms with Gasteiger partial charge in [0.1, 0.15) is 17.6 Å². The van der Waals surface area contributed by atoms with E-state index >= 15 is 0 Å². The smallest absolute Gasteiger partial charge is 0.226 e. The van der Waals surface area contributed by atoms with Gasteiger partial charge in [-0.3, -0.25) is 4.79 Å². The molecule has 2 atom stereocenters. The van der Waals surface area contributed by atoms with Crippen molar-refractivity contribution in [3.8, 4) is 5.75 Å². The number of benzene rings is 2. The molecule has 0 radical (unpaired) electrons. The fourth-order valence-corrected chi connectivity index (χ4v) is 4.49. The molecule has 1 aliphatic heterocycles. The fraction of sp³-hybridized carbons (Fsp3) is 0.292. The standard InChI is InChI=1S/C24H24N4O2/c1-14-4-6-17(7-5-14)23-22-20(26-24-25-15(2)27-28(23)24)12-18(13-21(22)29)16-8-10-19(30-3)11-9-16/h4-11,18,23H,12-13H2,1-3H3,(H,25,26,27)/t18-,23-/m1/s1. The van der Waals surface area contributed by atoms with Crippen LogP contribution in [0.15, 0.2) is 59.8 Å². The van der Waals surface area contributed by atoms with Gasteiger partial charge in [0.15, 0.2) is 5.78 Å². The highest BCUT2D eigenvalue weighted by molar-refractivity contribution is 6.00. The summed E-state index contributed by atoms with van der Waals surface area (Å²) < 4.78 is 7.12. The summed E-state index contributed by atoms with van der Waals surface area (Å²) in [5.41, 5.74) is 5.15. The van der Waals surface area contributed by atoms with Crippen molar-refractivity contribution in [2.75, 3.05) is 12.4 Å². The monoisotopic (exact) mass is 400 g/mol. The molecule has 0 fully saturated rings. The Kier molecular flexibility index (Phi) is 4.42. The Morgan fingerprint density at radius 2 is 1.70 bits per heavy atom. The van der Waals surface area contributed by atoms with Crippen LogP contribution in [0, 0.1) is 13.8 Å². The number of ketones is 1. The molecule has 30 heavy (non-hydrogen) atoms. The number of allylic oxidation sites excluding steroid dienone is 2. The van der Waals surface area contributed by atoms with E-state index in [2.05, 4.69) is 58.7 Å². The number of aromatic nitrogens is 3. The molecule has 1 aromatic heterocycles. The molecule has 5 rings (SSSR count). The van der Waals surface area contributed by atoms with E-state index in [0.29, 0.717) is 18.2 Å². The first kappa shape index (κ1) is 18.6. The van der Waals surface area contributed by atoms with Crippen LogP contribution in [-0.4, -0.2) is 27.7 Å². The minimum atomic E-state index is -0.248. The molecule has 6 nitrogen and oxygen atoms in total. The first-order valence-electron chi connectivity index (χ1n) is 10.2. The maximum atomic E-state index is 13.4. The average Bonchev–Trinajstić information content (AvgIpc) is 3.12. The van der Waals surface area contributed by atoms with Gasteiger partial charge in [-0.05, 0) is 49.4 Å². The number of Topliss-reactive ketones (excluding diaryl/α,β-unsaturated/α-hetero) is 1. The molecule has 0 amide bonds. The van der Waals surface area contributed by atoms with E-state index in [9.17, 15) is 4.79 Å². The van der Waals surface area contributed by atoms with Crippen molar-refractivity contribution < 1.29 is 9.53 Å². The molecule has 2 aromatic carbocycles. The van der Waals surface area contributed by atoms with Crippen molar-refractivity contribution in [3.05, 3.63) is 82.3 Å². The summed E-state index contributed by atoms with van der Waals surface area (Å²) >= 11 is 0. The quantitative estimate of drug-likeness (QED) is 0.709. The molecule has 152 valence electrons. The minimum Gasteiger partial charge on any atom is -0.497 e. The summed E-state index contributed by atoms with van der Waals surface area (Å²) in [5, 5.41) is 8.00. The molecule has 1 N–H and O–H groups in total. The Bertz CT molecular complexity index is 1140. The number of aryl methyl sites for hydroxylation is 2. The zero-order valence-electron chi connectivity index (χ0n) is 17.3. The molecular weight excluding hydrogens is 376 g/mol. The van der Waals surface area contributed by atoms with Gasteiger partial charge >= 0.3 is 0 Å². The Morgan fingerprint density at radius 1 is 1.00 bits per heavy atom. The second-order valence-corrected chi connectivity index (χ2v) is 8.06. The molecule has 3 aromatic rings. The number of anilines is 1. The van der Waals surface area contributed by atoms with Gasteiger partial charge in [-0.15, -0.1) is 0 Å². The number of methoxy groups -OCH3 is 1. The van der Waals surface area contributed by atoms with Crippen molar-refractivity contribution >= 4 is 11.7 Å². The minimum absolute atomic E-state index is 0.129. The zero-order valence-corrected chi connectivity index (χ0v) is 17.3. The van der Waals surface area contributed by atoms with Crippen LogP contribution in [0.3, 0.4) is 0 Å².